The highest BCUT2D eigenvalue weighted by atomic mass is 16.7. The first-order valence-electron chi connectivity index (χ1n) is 13.9. The van der Waals surface area contributed by atoms with Crippen LogP contribution in [-0.2, 0) is 19.2 Å². The maximum Gasteiger partial charge on any atom is 0.355 e. The Morgan fingerprint density at radius 3 is 2.57 bits per heavy atom. The minimum Gasteiger partial charge on any atom is -0.456 e. The minimum atomic E-state index is -0.945. The SMILES string of the molecule is CN(C)c1ccc2c(c1)OC1=CCC=CC1=C2c1cc(C(=O)N2CCCC2C(=O)ON2C(=O)CCC2=O)ccc1C=O. The molecule has 2 aromatic rings. The van der Waals surface area contributed by atoms with Crippen molar-refractivity contribution in [3.8, 4) is 5.75 Å². The maximum atomic E-state index is 13.8. The number of carbonyl (C=O) groups is 5. The van der Waals surface area contributed by atoms with E-state index in [4.69, 9.17) is 9.57 Å². The molecule has 0 radical (unpaired) electrons. The van der Waals surface area contributed by atoms with Crippen LogP contribution in [0.4, 0.5) is 5.69 Å². The smallest absolute Gasteiger partial charge is 0.355 e. The number of likely N-dealkylation sites (tertiary alicyclic amines) is 1. The van der Waals surface area contributed by atoms with Gasteiger partial charge in [0.15, 0.2) is 6.29 Å². The summed E-state index contributed by atoms with van der Waals surface area (Å²) in [6.45, 7) is 0.304. The lowest BCUT2D eigenvalue weighted by Crippen LogP contribution is -2.44. The van der Waals surface area contributed by atoms with Gasteiger partial charge in [0.1, 0.15) is 17.6 Å². The molecule has 4 aliphatic rings. The summed E-state index contributed by atoms with van der Waals surface area (Å²) < 4.78 is 6.28. The molecule has 0 bridgehead atoms. The van der Waals surface area contributed by atoms with E-state index in [1.165, 1.54) is 4.90 Å². The van der Waals surface area contributed by atoms with Gasteiger partial charge in [0.05, 0.1) is 0 Å². The van der Waals surface area contributed by atoms with Gasteiger partial charge in [-0.25, -0.2) is 4.79 Å². The number of nitrogens with zero attached hydrogens (tertiary/aromatic N) is 3. The normalized spacial score (nSPS) is 19.3. The van der Waals surface area contributed by atoms with E-state index in [-0.39, 0.29) is 12.8 Å². The second kappa shape index (κ2) is 10.8. The third-order valence-corrected chi connectivity index (χ3v) is 7.90. The average Bonchev–Trinajstić information content (AvgIpc) is 3.61. The number of carbonyl (C=O) groups excluding carboxylic acids is 5. The largest absolute Gasteiger partial charge is 0.456 e. The lowest BCUT2D eigenvalue weighted by atomic mass is 9.85. The number of fused-ring (bicyclic) bond motifs is 2. The van der Waals surface area contributed by atoms with Crippen LogP contribution in [0.25, 0.3) is 5.57 Å². The lowest BCUT2D eigenvalue weighted by molar-refractivity contribution is -0.200. The first-order valence-corrected chi connectivity index (χ1v) is 13.9. The monoisotopic (exact) mass is 567 g/mol. The van der Waals surface area contributed by atoms with Crippen molar-refractivity contribution in [2.45, 2.75) is 38.1 Å². The molecular weight excluding hydrogens is 538 g/mol. The molecule has 3 aliphatic heterocycles. The van der Waals surface area contributed by atoms with E-state index in [1.807, 2.05) is 55.4 Å². The number of aldehydes is 1. The van der Waals surface area contributed by atoms with Crippen molar-refractivity contribution < 1.29 is 33.5 Å². The van der Waals surface area contributed by atoms with Crippen LogP contribution in [0.15, 0.2) is 66.0 Å². The van der Waals surface area contributed by atoms with E-state index in [9.17, 15) is 24.0 Å². The minimum absolute atomic E-state index is 0.0140. The van der Waals surface area contributed by atoms with Gasteiger partial charge in [-0.05, 0) is 55.2 Å². The number of hydroxylamine groups is 2. The number of anilines is 1. The first kappa shape index (κ1) is 27.2. The molecule has 1 atom stereocenters. The van der Waals surface area contributed by atoms with Gasteiger partial charge in [-0.15, -0.1) is 5.06 Å². The Hall–Kier alpha value is -4.99. The molecule has 0 aromatic heterocycles. The lowest BCUT2D eigenvalue weighted by Gasteiger charge is -2.29. The highest BCUT2D eigenvalue weighted by molar-refractivity contribution is 6.04. The molecule has 214 valence electrons. The van der Waals surface area contributed by atoms with Gasteiger partial charge < -0.3 is 19.4 Å². The zero-order valence-electron chi connectivity index (χ0n) is 23.3. The summed E-state index contributed by atoms with van der Waals surface area (Å²) >= 11 is 0. The third-order valence-electron chi connectivity index (χ3n) is 7.90. The fourth-order valence-corrected chi connectivity index (χ4v) is 5.73. The molecule has 2 fully saturated rings. The van der Waals surface area contributed by atoms with Gasteiger partial charge >= 0.3 is 5.97 Å². The fraction of sp³-hybridized carbons (Fsp3) is 0.281. The number of amides is 3. The number of allylic oxidation sites excluding steroid dienone is 3. The standard InChI is InChI=1S/C32H29N3O7/c1-33(2)21-11-12-23-27(17-21)41-26-8-4-3-6-22(26)30(23)24-16-19(9-10-20(24)18-36)31(39)34-15-5-7-25(34)32(40)42-35-28(37)13-14-29(35)38/h3,6,8-12,16-18,25H,4-5,7,13-15H2,1-2H3. The Labute approximate surface area is 242 Å². The van der Waals surface area contributed by atoms with Crippen molar-refractivity contribution in [2.75, 3.05) is 25.5 Å². The van der Waals surface area contributed by atoms with Crippen LogP contribution in [0.3, 0.4) is 0 Å². The second-order valence-electron chi connectivity index (χ2n) is 10.7. The van der Waals surface area contributed by atoms with E-state index in [0.29, 0.717) is 59.1 Å². The predicted octanol–water partition coefficient (Wildman–Crippen LogP) is 3.82. The van der Waals surface area contributed by atoms with Crippen LogP contribution in [0.1, 0.15) is 63.9 Å². The van der Waals surface area contributed by atoms with Gasteiger partial charge in [-0.1, -0.05) is 18.2 Å². The van der Waals surface area contributed by atoms with Crippen LogP contribution >= 0.6 is 0 Å². The molecule has 0 spiro atoms. The van der Waals surface area contributed by atoms with Gasteiger partial charge in [0, 0.05) is 73.1 Å². The second-order valence-corrected chi connectivity index (χ2v) is 10.7. The third kappa shape index (κ3) is 4.68. The summed E-state index contributed by atoms with van der Waals surface area (Å²) in [5.74, 6) is -1.07. The Bertz CT molecular complexity index is 1620. The van der Waals surface area contributed by atoms with Gasteiger partial charge in [-0.3, -0.25) is 19.2 Å². The Balaban J connectivity index is 1.37. The Morgan fingerprint density at radius 1 is 1.05 bits per heavy atom. The molecule has 42 heavy (non-hydrogen) atoms. The first-order chi connectivity index (χ1) is 20.3. The molecule has 2 aromatic carbocycles. The number of imide groups is 1. The molecule has 0 N–H and O–H groups in total. The molecule has 10 heteroatoms. The number of hydrogen-bond acceptors (Lipinski definition) is 8. The molecule has 3 amide bonds. The highest BCUT2D eigenvalue weighted by Gasteiger charge is 2.40. The predicted molar refractivity (Wildman–Crippen MR) is 152 cm³/mol. The zero-order chi connectivity index (χ0) is 29.5. The van der Waals surface area contributed by atoms with Gasteiger partial charge in [0.2, 0.25) is 0 Å². The van der Waals surface area contributed by atoms with Crippen LogP contribution in [-0.4, -0.2) is 66.6 Å². The summed E-state index contributed by atoms with van der Waals surface area (Å²) in [6, 6.07) is 9.76. The highest BCUT2D eigenvalue weighted by Crippen LogP contribution is 2.45. The Morgan fingerprint density at radius 2 is 1.83 bits per heavy atom. The topological polar surface area (TPSA) is 114 Å². The van der Waals surface area contributed by atoms with E-state index < -0.39 is 29.7 Å². The molecule has 1 aliphatic carbocycles. The van der Waals surface area contributed by atoms with Crippen molar-refractivity contribution in [1.82, 2.24) is 9.96 Å². The average molecular weight is 568 g/mol. The molecule has 6 rings (SSSR count). The zero-order valence-corrected chi connectivity index (χ0v) is 23.3. The number of benzene rings is 2. The molecule has 2 saturated heterocycles. The molecule has 10 nitrogen and oxygen atoms in total. The Kier molecular flexibility index (Phi) is 6.97. The van der Waals surface area contributed by atoms with Crippen LogP contribution in [0.5, 0.6) is 5.75 Å². The summed E-state index contributed by atoms with van der Waals surface area (Å²) in [7, 11) is 3.88. The van der Waals surface area contributed by atoms with Gasteiger partial charge in [-0.2, -0.15) is 0 Å². The van der Waals surface area contributed by atoms with Crippen LogP contribution < -0.4 is 9.64 Å². The van der Waals surface area contributed by atoms with Crippen molar-refractivity contribution in [3.63, 3.8) is 0 Å². The van der Waals surface area contributed by atoms with E-state index >= 15 is 0 Å². The molecule has 3 heterocycles. The van der Waals surface area contributed by atoms with Crippen molar-refractivity contribution in [3.05, 3.63) is 88.2 Å². The molecule has 1 unspecified atom stereocenters. The van der Waals surface area contributed by atoms with E-state index in [2.05, 4.69) is 0 Å². The van der Waals surface area contributed by atoms with Crippen molar-refractivity contribution in [1.29, 1.82) is 0 Å². The number of rotatable bonds is 6. The van der Waals surface area contributed by atoms with Crippen LogP contribution in [0, 0.1) is 0 Å². The quantitative estimate of drug-likeness (QED) is 0.383. The summed E-state index contributed by atoms with van der Waals surface area (Å²) in [6.07, 6.45) is 8.28. The number of hydrogen-bond donors (Lipinski definition) is 0. The number of ether oxygens (including phenoxy) is 1. The maximum absolute atomic E-state index is 13.8. The fourth-order valence-electron chi connectivity index (χ4n) is 5.73. The van der Waals surface area contributed by atoms with Crippen LogP contribution in [0.2, 0.25) is 0 Å². The van der Waals surface area contributed by atoms with E-state index in [0.717, 1.165) is 28.7 Å². The summed E-state index contributed by atoms with van der Waals surface area (Å²) in [4.78, 5) is 71.5. The molecule has 0 saturated carbocycles. The van der Waals surface area contributed by atoms with E-state index in [1.54, 1.807) is 18.2 Å². The summed E-state index contributed by atoms with van der Waals surface area (Å²) in [5, 5.41) is 0.501. The van der Waals surface area contributed by atoms with Gasteiger partial charge in [0.25, 0.3) is 17.7 Å². The molecular formula is C32H29N3O7. The summed E-state index contributed by atoms with van der Waals surface area (Å²) in [5.41, 5.74) is 4.57. The van der Waals surface area contributed by atoms with Crippen molar-refractivity contribution in [2.24, 2.45) is 0 Å². The van der Waals surface area contributed by atoms with Crippen molar-refractivity contribution >= 4 is 41.2 Å².